The van der Waals surface area contributed by atoms with Crippen LogP contribution in [0.2, 0.25) is 0 Å². The lowest BCUT2D eigenvalue weighted by Gasteiger charge is -2.23. The number of ether oxygens (including phenoxy) is 1. The van der Waals surface area contributed by atoms with Crippen LogP contribution in [0.3, 0.4) is 0 Å². The van der Waals surface area contributed by atoms with Crippen molar-refractivity contribution in [2.24, 2.45) is 5.73 Å². The fourth-order valence-electron chi connectivity index (χ4n) is 2.12. The first-order valence-electron chi connectivity index (χ1n) is 5.65. The summed E-state index contributed by atoms with van der Waals surface area (Å²) in [6, 6.07) is 8.13. The Labute approximate surface area is 95.8 Å². The van der Waals surface area contributed by atoms with Gasteiger partial charge in [0, 0.05) is 6.04 Å². The lowest BCUT2D eigenvalue weighted by Crippen LogP contribution is -2.18. The molecule has 1 aliphatic rings. The maximum Gasteiger partial charge on any atom is 0.181 e. The topological polar surface area (TPSA) is 59.0 Å². The van der Waals surface area contributed by atoms with Crippen LogP contribution in [0.4, 0.5) is 0 Å². The SMILES string of the molecule is CC(C#N)Oc1ccc2c(c1)C(N)CCC2. The first kappa shape index (κ1) is 11.0. The Morgan fingerprint density at radius 1 is 1.56 bits per heavy atom. The van der Waals surface area contributed by atoms with Crippen LogP contribution >= 0.6 is 0 Å². The molecular weight excluding hydrogens is 200 g/mol. The quantitative estimate of drug-likeness (QED) is 0.825. The molecule has 3 nitrogen and oxygen atoms in total. The number of fused-ring (bicyclic) bond motifs is 1. The number of aryl methyl sites for hydroxylation is 1. The van der Waals surface area contributed by atoms with E-state index in [4.69, 9.17) is 15.7 Å². The van der Waals surface area contributed by atoms with Crippen molar-refractivity contribution < 1.29 is 4.74 Å². The highest BCUT2D eigenvalue weighted by atomic mass is 16.5. The monoisotopic (exact) mass is 216 g/mol. The van der Waals surface area contributed by atoms with Crippen LogP contribution in [0.5, 0.6) is 5.75 Å². The first-order chi connectivity index (χ1) is 7.70. The Morgan fingerprint density at radius 2 is 2.38 bits per heavy atom. The summed E-state index contributed by atoms with van der Waals surface area (Å²) < 4.78 is 5.46. The van der Waals surface area contributed by atoms with Gasteiger partial charge in [-0.3, -0.25) is 0 Å². The average Bonchev–Trinajstić information content (AvgIpc) is 2.30. The molecule has 3 heteroatoms. The molecule has 84 valence electrons. The van der Waals surface area contributed by atoms with Gasteiger partial charge in [0.2, 0.25) is 0 Å². The number of rotatable bonds is 2. The van der Waals surface area contributed by atoms with Crippen molar-refractivity contribution in [1.82, 2.24) is 0 Å². The van der Waals surface area contributed by atoms with Gasteiger partial charge in [-0.1, -0.05) is 6.07 Å². The minimum Gasteiger partial charge on any atom is -0.476 e. The number of nitriles is 1. The Hall–Kier alpha value is -1.53. The van der Waals surface area contributed by atoms with Gasteiger partial charge in [0.25, 0.3) is 0 Å². The summed E-state index contributed by atoms with van der Waals surface area (Å²) in [4.78, 5) is 0. The molecule has 0 aromatic heterocycles. The first-order valence-corrected chi connectivity index (χ1v) is 5.65. The van der Waals surface area contributed by atoms with Gasteiger partial charge in [-0.2, -0.15) is 5.26 Å². The van der Waals surface area contributed by atoms with Gasteiger partial charge < -0.3 is 10.5 Å². The maximum absolute atomic E-state index is 8.69. The summed E-state index contributed by atoms with van der Waals surface area (Å²) in [6.07, 6.45) is 2.86. The number of hydrogen-bond acceptors (Lipinski definition) is 3. The highest BCUT2D eigenvalue weighted by Crippen LogP contribution is 2.31. The third kappa shape index (κ3) is 2.17. The van der Waals surface area contributed by atoms with Crippen molar-refractivity contribution in [3.05, 3.63) is 29.3 Å². The molecular formula is C13H16N2O. The van der Waals surface area contributed by atoms with Crippen LogP contribution in [0.25, 0.3) is 0 Å². The zero-order chi connectivity index (χ0) is 11.5. The molecule has 0 aliphatic heterocycles. The van der Waals surface area contributed by atoms with Gasteiger partial charge in [-0.15, -0.1) is 0 Å². The van der Waals surface area contributed by atoms with Gasteiger partial charge in [0.05, 0.1) is 0 Å². The number of benzene rings is 1. The minimum absolute atomic E-state index is 0.115. The van der Waals surface area contributed by atoms with Gasteiger partial charge in [0.15, 0.2) is 6.10 Å². The lowest BCUT2D eigenvalue weighted by atomic mass is 9.88. The number of nitrogens with zero attached hydrogens (tertiary/aromatic N) is 1. The second-order valence-electron chi connectivity index (χ2n) is 4.25. The average molecular weight is 216 g/mol. The summed E-state index contributed by atoms with van der Waals surface area (Å²) in [5.74, 6) is 0.741. The zero-order valence-corrected chi connectivity index (χ0v) is 9.44. The van der Waals surface area contributed by atoms with Crippen LogP contribution in [0.15, 0.2) is 18.2 Å². The van der Waals surface area contributed by atoms with Crippen LogP contribution in [0.1, 0.15) is 36.9 Å². The summed E-state index contributed by atoms with van der Waals surface area (Å²) in [5, 5.41) is 8.69. The van der Waals surface area contributed by atoms with Crippen molar-refractivity contribution in [2.45, 2.75) is 38.3 Å². The van der Waals surface area contributed by atoms with Gasteiger partial charge in [-0.25, -0.2) is 0 Å². The predicted octanol–water partition coefficient (Wildman–Crippen LogP) is 2.31. The van der Waals surface area contributed by atoms with E-state index in [-0.39, 0.29) is 6.04 Å². The molecule has 0 amide bonds. The van der Waals surface area contributed by atoms with E-state index < -0.39 is 6.10 Å². The molecule has 0 fully saturated rings. The Balaban J connectivity index is 2.24. The van der Waals surface area contributed by atoms with E-state index in [0.29, 0.717) is 0 Å². The molecule has 2 atom stereocenters. The van der Waals surface area contributed by atoms with Crippen LogP contribution < -0.4 is 10.5 Å². The molecule has 0 bridgehead atoms. The summed E-state index contributed by atoms with van der Waals surface area (Å²) in [5.41, 5.74) is 8.55. The molecule has 0 radical (unpaired) electrons. The predicted molar refractivity (Wildman–Crippen MR) is 62.0 cm³/mol. The number of hydrogen-bond donors (Lipinski definition) is 1. The minimum atomic E-state index is -0.419. The molecule has 2 unspecified atom stereocenters. The Morgan fingerprint density at radius 3 is 3.12 bits per heavy atom. The van der Waals surface area contributed by atoms with E-state index in [1.807, 2.05) is 12.1 Å². The Bertz CT molecular complexity index is 422. The highest BCUT2D eigenvalue weighted by Gasteiger charge is 2.17. The van der Waals surface area contributed by atoms with Crippen molar-refractivity contribution in [2.75, 3.05) is 0 Å². The second-order valence-corrected chi connectivity index (χ2v) is 4.25. The van der Waals surface area contributed by atoms with Gasteiger partial charge >= 0.3 is 0 Å². The molecule has 1 aliphatic carbocycles. The smallest absolute Gasteiger partial charge is 0.181 e. The van der Waals surface area contributed by atoms with E-state index >= 15 is 0 Å². The lowest BCUT2D eigenvalue weighted by molar-refractivity contribution is 0.276. The molecule has 0 saturated carbocycles. The van der Waals surface area contributed by atoms with Crippen molar-refractivity contribution in [3.8, 4) is 11.8 Å². The summed E-state index contributed by atoms with van der Waals surface area (Å²) in [7, 11) is 0. The third-order valence-electron chi connectivity index (χ3n) is 2.97. The molecule has 0 saturated heterocycles. The molecule has 0 spiro atoms. The van der Waals surface area contributed by atoms with E-state index in [0.717, 1.165) is 25.0 Å². The van der Waals surface area contributed by atoms with Crippen molar-refractivity contribution in [1.29, 1.82) is 5.26 Å². The van der Waals surface area contributed by atoms with Gasteiger partial charge in [-0.05, 0) is 49.4 Å². The van der Waals surface area contributed by atoms with Crippen LogP contribution in [-0.4, -0.2) is 6.10 Å². The maximum atomic E-state index is 8.69. The molecule has 1 aromatic rings. The van der Waals surface area contributed by atoms with E-state index in [1.54, 1.807) is 6.92 Å². The highest BCUT2D eigenvalue weighted by molar-refractivity contribution is 5.39. The van der Waals surface area contributed by atoms with Gasteiger partial charge in [0.1, 0.15) is 11.8 Å². The zero-order valence-electron chi connectivity index (χ0n) is 9.44. The third-order valence-corrected chi connectivity index (χ3v) is 2.97. The van der Waals surface area contributed by atoms with Crippen molar-refractivity contribution >= 4 is 0 Å². The van der Waals surface area contributed by atoms with E-state index in [2.05, 4.69) is 12.1 Å². The molecule has 1 aromatic carbocycles. The fourth-order valence-corrected chi connectivity index (χ4v) is 2.12. The molecule has 2 N–H and O–H groups in total. The van der Waals surface area contributed by atoms with Crippen LogP contribution in [-0.2, 0) is 6.42 Å². The molecule has 2 rings (SSSR count). The standard InChI is InChI=1S/C13H16N2O/c1-9(8-14)16-11-6-5-10-3-2-4-13(15)12(10)7-11/h5-7,9,13H,2-4,15H2,1H3. The molecule has 0 heterocycles. The fraction of sp³-hybridized carbons (Fsp3) is 0.462. The summed E-state index contributed by atoms with van der Waals surface area (Å²) in [6.45, 7) is 1.74. The largest absolute Gasteiger partial charge is 0.476 e. The second kappa shape index (κ2) is 4.54. The Kier molecular flexibility index (Phi) is 3.12. The normalized spacial score (nSPS) is 20.7. The summed E-state index contributed by atoms with van der Waals surface area (Å²) >= 11 is 0. The number of nitrogens with two attached hydrogens (primary N) is 1. The molecule has 16 heavy (non-hydrogen) atoms. The van der Waals surface area contributed by atoms with E-state index in [9.17, 15) is 0 Å². The van der Waals surface area contributed by atoms with Crippen LogP contribution in [0, 0.1) is 11.3 Å². The van der Waals surface area contributed by atoms with Crippen molar-refractivity contribution in [3.63, 3.8) is 0 Å². The van der Waals surface area contributed by atoms with E-state index in [1.165, 1.54) is 11.1 Å².